The molecule has 1 aromatic heterocycles. The SMILES string of the molecule is Cc1cc(F)c2[nH]c(C3C=CC(F)=CC3)cc2c1. The first-order valence-corrected chi connectivity index (χ1v) is 5.96. The van der Waals surface area contributed by atoms with Crippen LogP contribution in [0.1, 0.15) is 23.6 Å². The number of H-pyrrole nitrogens is 1. The zero-order valence-electron chi connectivity index (χ0n) is 10.0. The smallest absolute Gasteiger partial charge is 0.147 e. The van der Waals surface area contributed by atoms with Crippen molar-refractivity contribution in [3.8, 4) is 0 Å². The number of aromatic nitrogens is 1. The third-order valence-corrected chi connectivity index (χ3v) is 3.30. The van der Waals surface area contributed by atoms with Crippen LogP contribution in [0.5, 0.6) is 0 Å². The molecule has 1 nitrogen and oxygen atoms in total. The second-order valence-electron chi connectivity index (χ2n) is 4.73. The lowest BCUT2D eigenvalue weighted by molar-refractivity contribution is 0.633. The van der Waals surface area contributed by atoms with Gasteiger partial charge in [0.05, 0.1) is 5.52 Å². The summed E-state index contributed by atoms with van der Waals surface area (Å²) in [5, 5.41) is 0.867. The number of allylic oxidation sites excluding steroid dienone is 4. The van der Waals surface area contributed by atoms with Gasteiger partial charge in [-0.1, -0.05) is 6.08 Å². The number of fused-ring (bicyclic) bond motifs is 1. The molecule has 1 aliphatic carbocycles. The van der Waals surface area contributed by atoms with Crippen LogP contribution in [-0.2, 0) is 0 Å². The maximum atomic E-state index is 13.8. The maximum absolute atomic E-state index is 13.8. The Balaban J connectivity index is 2.04. The van der Waals surface area contributed by atoms with Gasteiger partial charge in [0.2, 0.25) is 0 Å². The summed E-state index contributed by atoms with van der Waals surface area (Å²) in [4.78, 5) is 3.10. The van der Waals surface area contributed by atoms with Gasteiger partial charge in [-0.05, 0) is 49.3 Å². The Morgan fingerprint density at radius 2 is 2.06 bits per heavy atom. The van der Waals surface area contributed by atoms with Gasteiger partial charge in [-0.2, -0.15) is 0 Å². The number of rotatable bonds is 1. The molecule has 0 spiro atoms. The minimum Gasteiger partial charge on any atom is -0.355 e. The molecule has 1 aromatic carbocycles. The summed E-state index contributed by atoms with van der Waals surface area (Å²) in [6, 6.07) is 5.40. The second-order valence-corrected chi connectivity index (χ2v) is 4.73. The van der Waals surface area contributed by atoms with E-state index < -0.39 is 0 Å². The third-order valence-electron chi connectivity index (χ3n) is 3.30. The molecule has 0 amide bonds. The van der Waals surface area contributed by atoms with Crippen LogP contribution in [0.4, 0.5) is 8.78 Å². The standard InChI is InChI=1S/C15H13F2N/c1-9-6-11-8-14(18-15(11)13(17)7-9)10-2-4-12(16)5-3-10/h2,4-8,10,18H,3H2,1H3. The predicted octanol–water partition coefficient (Wildman–Crippen LogP) is 4.51. The summed E-state index contributed by atoms with van der Waals surface area (Å²) in [5.41, 5.74) is 2.35. The summed E-state index contributed by atoms with van der Waals surface area (Å²) in [7, 11) is 0. The number of hydrogen-bond acceptors (Lipinski definition) is 0. The molecule has 1 atom stereocenters. The van der Waals surface area contributed by atoms with Crippen LogP contribution in [0.3, 0.4) is 0 Å². The zero-order valence-corrected chi connectivity index (χ0v) is 10.0. The highest BCUT2D eigenvalue weighted by atomic mass is 19.1. The molecule has 2 aromatic rings. The molecule has 0 saturated heterocycles. The van der Waals surface area contributed by atoms with Crippen molar-refractivity contribution in [2.75, 3.05) is 0 Å². The van der Waals surface area contributed by atoms with E-state index in [4.69, 9.17) is 0 Å². The van der Waals surface area contributed by atoms with Crippen molar-refractivity contribution >= 4 is 10.9 Å². The normalized spacial score (nSPS) is 19.3. The molecule has 3 rings (SSSR count). The molecule has 0 fully saturated rings. The van der Waals surface area contributed by atoms with E-state index in [-0.39, 0.29) is 17.6 Å². The molecule has 1 unspecified atom stereocenters. The highest BCUT2D eigenvalue weighted by Crippen LogP contribution is 2.30. The molecule has 1 N–H and O–H groups in total. The quantitative estimate of drug-likeness (QED) is 0.760. The fourth-order valence-corrected chi connectivity index (χ4v) is 2.39. The highest BCUT2D eigenvalue weighted by molar-refractivity contribution is 5.82. The molecule has 0 saturated carbocycles. The van der Waals surface area contributed by atoms with Crippen molar-refractivity contribution in [2.45, 2.75) is 19.3 Å². The summed E-state index contributed by atoms with van der Waals surface area (Å²) in [6.45, 7) is 1.87. The minimum absolute atomic E-state index is 0.0941. The summed E-state index contributed by atoms with van der Waals surface area (Å²) in [5.74, 6) is -0.348. The third kappa shape index (κ3) is 1.86. The zero-order chi connectivity index (χ0) is 12.7. The van der Waals surface area contributed by atoms with E-state index in [1.807, 2.05) is 25.1 Å². The molecule has 1 aliphatic rings. The Hall–Kier alpha value is -1.90. The van der Waals surface area contributed by atoms with Crippen LogP contribution in [0.2, 0.25) is 0 Å². The second kappa shape index (κ2) is 4.09. The van der Waals surface area contributed by atoms with Crippen molar-refractivity contribution in [3.63, 3.8) is 0 Å². The van der Waals surface area contributed by atoms with Crippen molar-refractivity contribution in [1.82, 2.24) is 4.98 Å². The van der Waals surface area contributed by atoms with Gasteiger partial charge in [-0.15, -0.1) is 0 Å². The van der Waals surface area contributed by atoms with Gasteiger partial charge >= 0.3 is 0 Å². The van der Waals surface area contributed by atoms with Crippen molar-refractivity contribution in [3.05, 3.63) is 59.3 Å². The van der Waals surface area contributed by atoms with Crippen LogP contribution < -0.4 is 0 Å². The first-order chi connectivity index (χ1) is 8.63. The largest absolute Gasteiger partial charge is 0.355 e. The molecule has 0 bridgehead atoms. The first-order valence-electron chi connectivity index (χ1n) is 5.96. The van der Waals surface area contributed by atoms with Crippen LogP contribution >= 0.6 is 0 Å². The molecule has 1 heterocycles. The lowest BCUT2D eigenvalue weighted by Gasteiger charge is -2.11. The van der Waals surface area contributed by atoms with Gasteiger partial charge in [0.25, 0.3) is 0 Å². The average molecular weight is 245 g/mol. The lowest BCUT2D eigenvalue weighted by atomic mass is 9.97. The average Bonchev–Trinajstić information content (AvgIpc) is 2.74. The number of aromatic amines is 1. The summed E-state index contributed by atoms with van der Waals surface area (Å²) >= 11 is 0. The van der Waals surface area contributed by atoms with Gasteiger partial charge in [-0.3, -0.25) is 0 Å². The maximum Gasteiger partial charge on any atom is 0.147 e. The van der Waals surface area contributed by atoms with Crippen LogP contribution in [0.15, 0.2) is 42.3 Å². The lowest BCUT2D eigenvalue weighted by Crippen LogP contribution is -1.97. The van der Waals surface area contributed by atoms with Gasteiger partial charge in [0.15, 0.2) is 0 Å². The number of nitrogens with one attached hydrogen (secondary N) is 1. The number of benzene rings is 1. The predicted molar refractivity (Wildman–Crippen MR) is 68.7 cm³/mol. The Morgan fingerprint density at radius 3 is 2.78 bits per heavy atom. The van der Waals surface area contributed by atoms with Gasteiger partial charge in [0.1, 0.15) is 11.6 Å². The minimum atomic E-state index is -0.238. The van der Waals surface area contributed by atoms with E-state index in [1.165, 1.54) is 12.1 Å². The number of halogens is 2. The topological polar surface area (TPSA) is 15.8 Å². The van der Waals surface area contributed by atoms with Crippen LogP contribution in [0.25, 0.3) is 10.9 Å². The van der Waals surface area contributed by atoms with E-state index >= 15 is 0 Å². The van der Waals surface area contributed by atoms with E-state index in [9.17, 15) is 8.78 Å². The Bertz CT molecular complexity index is 664. The summed E-state index contributed by atoms with van der Waals surface area (Å²) < 4.78 is 26.7. The Labute approximate surface area is 104 Å². The summed E-state index contributed by atoms with van der Waals surface area (Å²) in [6.07, 6.45) is 5.43. The van der Waals surface area contributed by atoms with Crippen LogP contribution in [0, 0.1) is 12.7 Å². The van der Waals surface area contributed by atoms with Crippen molar-refractivity contribution in [2.24, 2.45) is 0 Å². The molecular formula is C15H13F2N. The molecule has 0 aliphatic heterocycles. The van der Waals surface area contributed by atoms with Crippen molar-refractivity contribution in [1.29, 1.82) is 0 Å². The number of hydrogen-bond donors (Lipinski definition) is 1. The van der Waals surface area contributed by atoms with E-state index in [0.29, 0.717) is 11.9 Å². The van der Waals surface area contributed by atoms with Gasteiger partial charge in [0, 0.05) is 17.0 Å². The van der Waals surface area contributed by atoms with Gasteiger partial charge in [-0.25, -0.2) is 8.78 Å². The fourth-order valence-electron chi connectivity index (χ4n) is 2.39. The molecule has 0 radical (unpaired) electrons. The highest BCUT2D eigenvalue weighted by Gasteiger charge is 2.15. The van der Waals surface area contributed by atoms with Crippen molar-refractivity contribution < 1.29 is 8.78 Å². The van der Waals surface area contributed by atoms with Gasteiger partial charge < -0.3 is 4.98 Å². The first kappa shape index (κ1) is 11.2. The Morgan fingerprint density at radius 1 is 1.22 bits per heavy atom. The molecule has 92 valence electrons. The molecule has 3 heteroatoms. The molecular weight excluding hydrogens is 232 g/mol. The monoisotopic (exact) mass is 245 g/mol. The van der Waals surface area contributed by atoms with E-state index in [0.717, 1.165) is 16.6 Å². The Kier molecular flexibility index (Phi) is 2.54. The van der Waals surface area contributed by atoms with E-state index in [2.05, 4.69) is 4.98 Å². The van der Waals surface area contributed by atoms with Crippen LogP contribution in [-0.4, -0.2) is 4.98 Å². The molecule has 18 heavy (non-hydrogen) atoms. The van der Waals surface area contributed by atoms with E-state index in [1.54, 1.807) is 6.08 Å². The fraction of sp³-hybridized carbons (Fsp3) is 0.200. The number of aryl methyl sites for hydroxylation is 1.